The average molecular weight is 431 g/mol. The van der Waals surface area contributed by atoms with Gasteiger partial charge in [0.25, 0.3) is 0 Å². The van der Waals surface area contributed by atoms with E-state index in [1.54, 1.807) is 11.3 Å². The summed E-state index contributed by atoms with van der Waals surface area (Å²) in [6.45, 7) is 6.21. The van der Waals surface area contributed by atoms with Gasteiger partial charge in [0.1, 0.15) is 5.01 Å². The van der Waals surface area contributed by atoms with Crippen molar-refractivity contribution in [3.8, 4) is 10.6 Å². The molecule has 2 aromatic carbocycles. The Kier molecular flexibility index (Phi) is 5.57. The van der Waals surface area contributed by atoms with Gasteiger partial charge in [-0.25, -0.2) is 4.98 Å². The Morgan fingerprint density at radius 1 is 1.03 bits per heavy atom. The van der Waals surface area contributed by atoms with Crippen molar-refractivity contribution < 1.29 is 4.79 Å². The molecule has 1 fully saturated rings. The van der Waals surface area contributed by atoms with E-state index in [9.17, 15) is 4.79 Å². The molecule has 0 saturated carbocycles. The fourth-order valence-electron chi connectivity index (χ4n) is 4.30. The number of benzene rings is 2. The summed E-state index contributed by atoms with van der Waals surface area (Å²) in [5.74, 6) is 0.215. The van der Waals surface area contributed by atoms with Crippen molar-refractivity contribution in [1.29, 1.82) is 0 Å². The number of aryl methyl sites for hydroxylation is 1. The van der Waals surface area contributed by atoms with Crippen LogP contribution in [0.25, 0.3) is 21.5 Å². The number of fused-ring (bicyclic) bond motifs is 1. The van der Waals surface area contributed by atoms with Gasteiger partial charge in [0.15, 0.2) is 0 Å². The first-order chi connectivity index (χ1) is 15.2. The van der Waals surface area contributed by atoms with Gasteiger partial charge in [-0.15, -0.1) is 11.3 Å². The number of aromatic amines is 1. The van der Waals surface area contributed by atoms with Gasteiger partial charge < -0.3 is 9.88 Å². The minimum absolute atomic E-state index is 0.215. The van der Waals surface area contributed by atoms with E-state index in [0.29, 0.717) is 6.42 Å². The van der Waals surface area contributed by atoms with Crippen LogP contribution in [0.15, 0.2) is 60.0 Å². The molecule has 4 aromatic rings. The Hall–Kier alpha value is -2.96. The second-order valence-electron chi connectivity index (χ2n) is 8.12. The average Bonchev–Trinajstić information content (AvgIpc) is 3.39. The number of thiazole rings is 1. The molecule has 2 aromatic heterocycles. The molecule has 0 radical (unpaired) electrons. The van der Waals surface area contributed by atoms with E-state index in [4.69, 9.17) is 4.98 Å². The molecular formula is C25H26N4OS. The van der Waals surface area contributed by atoms with Crippen LogP contribution in [-0.2, 0) is 17.8 Å². The Morgan fingerprint density at radius 3 is 2.58 bits per heavy atom. The van der Waals surface area contributed by atoms with E-state index < -0.39 is 0 Å². The predicted octanol–water partition coefficient (Wildman–Crippen LogP) is 4.49. The molecule has 5 nitrogen and oxygen atoms in total. The molecule has 1 N–H and O–H groups in total. The maximum Gasteiger partial charge on any atom is 0.227 e. The van der Waals surface area contributed by atoms with E-state index in [1.165, 1.54) is 5.56 Å². The summed E-state index contributed by atoms with van der Waals surface area (Å²) in [5.41, 5.74) is 5.59. The summed E-state index contributed by atoms with van der Waals surface area (Å²) in [6, 6.07) is 18.5. The number of carbonyl (C=O) groups is 1. The quantitative estimate of drug-likeness (QED) is 0.508. The zero-order valence-electron chi connectivity index (χ0n) is 17.7. The van der Waals surface area contributed by atoms with Crippen molar-refractivity contribution in [2.75, 3.05) is 26.2 Å². The van der Waals surface area contributed by atoms with Crippen molar-refractivity contribution in [2.45, 2.75) is 19.9 Å². The van der Waals surface area contributed by atoms with Crippen LogP contribution in [0.4, 0.5) is 0 Å². The lowest BCUT2D eigenvalue weighted by molar-refractivity contribution is -0.132. The fraction of sp³-hybridized carbons (Fsp3) is 0.280. The number of hydrogen-bond acceptors (Lipinski definition) is 4. The lowest BCUT2D eigenvalue weighted by atomic mass is 10.1. The van der Waals surface area contributed by atoms with Crippen LogP contribution in [0.1, 0.15) is 17.0 Å². The highest BCUT2D eigenvalue weighted by atomic mass is 32.1. The van der Waals surface area contributed by atoms with Crippen molar-refractivity contribution in [3.05, 3.63) is 76.9 Å². The number of H-pyrrole nitrogens is 1. The number of piperazine rings is 1. The molecule has 1 saturated heterocycles. The molecule has 0 spiro atoms. The standard InChI is InChI=1S/C25H26N4OS/c1-18-22(21-9-5-6-10-23(21)26-18)15-24(30)29-13-11-28(12-14-29)16-20-17-31-25(27-20)19-7-3-2-4-8-19/h2-10,17,26H,11-16H2,1H3. The summed E-state index contributed by atoms with van der Waals surface area (Å²) >= 11 is 1.70. The third-order valence-electron chi connectivity index (χ3n) is 6.04. The number of nitrogens with one attached hydrogen (secondary N) is 1. The number of rotatable bonds is 5. The molecule has 158 valence electrons. The van der Waals surface area contributed by atoms with Crippen LogP contribution < -0.4 is 0 Å². The predicted molar refractivity (Wildman–Crippen MR) is 126 cm³/mol. The first-order valence-electron chi connectivity index (χ1n) is 10.7. The van der Waals surface area contributed by atoms with Crippen molar-refractivity contribution in [3.63, 3.8) is 0 Å². The molecule has 3 heterocycles. The van der Waals surface area contributed by atoms with E-state index >= 15 is 0 Å². The topological polar surface area (TPSA) is 52.2 Å². The zero-order chi connectivity index (χ0) is 21.2. The molecule has 1 aliphatic heterocycles. The minimum Gasteiger partial charge on any atom is -0.358 e. The van der Waals surface area contributed by atoms with Crippen LogP contribution in [0.5, 0.6) is 0 Å². The van der Waals surface area contributed by atoms with E-state index in [2.05, 4.69) is 46.5 Å². The van der Waals surface area contributed by atoms with Gasteiger partial charge in [-0.1, -0.05) is 48.5 Å². The highest BCUT2D eigenvalue weighted by molar-refractivity contribution is 7.13. The SMILES string of the molecule is Cc1[nH]c2ccccc2c1CC(=O)N1CCN(Cc2csc(-c3ccccc3)n2)CC1. The normalized spacial score (nSPS) is 14.9. The van der Waals surface area contributed by atoms with Crippen LogP contribution in [0.3, 0.4) is 0 Å². The van der Waals surface area contributed by atoms with Gasteiger partial charge in [-0.05, 0) is 18.6 Å². The van der Waals surface area contributed by atoms with Gasteiger partial charge in [-0.3, -0.25) is 9.69 Å². The Labute approximate surface area is 186 Å². The van der Waals surface area contributed by atoms with E-state index in [-0.39, 0.29) is 5.91 Å². The summed E-state index contributed by atoms with van der Waals surface area (Å²) in [6.07, 6.45) is 0.461. The van der Waals surface area contributed by atoms with Crippen LogP contribution in [-0.4, -0.2) is 51.9 Å². The summed E-state index contributed by atoms with van der Waals surface area (Å²) in [4.78, 5) is 25.6. The van der Waals surface area contributed by atoms with Gasteiger partial charge >= 0.3 is 0 Å². The number of aromatic nitrogens is 2. The zero-order valence-corrected chi connectivity index (χ0v) is 18.5. The third kappa shape index (κ3) is 4.27. The van der Waals surface area contributed by atoms with Gasteiger partial charge in [0, 0.05) is 60.3 Å². The number of hydrogen-bond donors (Lipinski definition) is 1. The first-order valence-corrected chi connectivity index (χ1v) is 11.6. The summed E-state index contributed by atoms with van der Waals surface area (Å²) in [7, 11) is 0. The number of para-hydroxylation sites is 1. The van der Waals surface area contributed by atoms with Gasteiger partial charge in [-0.2, -0.15) is 0 Å². The smallest absolute Gasteiger partial charge is 0.227 e. The molecule has 1 amide bonds. The second kappa shape index (κ2) is 8.65. The maximum atomic E-state index is 13.0. The van der Waals surface area contributed by atoms with E-state index in [1.807, 2.05) is 35.2 Å². The van der Waals surface area contributed by atoms with Crippen LogP contribution in [0.2, 0.25) is 0 Å². The first kappa shape index (κ1) is 20.0. The van der Waals surface area contributed by atoms with Gasteiger partial charge in [0.2, 0.25) is 5.91 Å². The number of carbonyl (C=O) groups excluding carboxylic acids is 1. The second-order valence-corrected chi connectivity index (χ2v) is 8.98. The number of amides is 1. The molecule has 1 aliphatic rings. The van der Waals surface area contributed by atoms with E-state index in [0.717, 1.165) is 65.6 Å². The van der Waals surface area contributed by atoms with Gasteiger partial charge in [0.05, 0.1) is 12.1 Å². The Bertz CT molecular complexity index is 1190. The highest BCUT2D eigenvalue weighted by Gasteiger charge is 2.23. The fourth-order valence-corrected chi connectivity index (χ4v) is 5.12. The largest absolute Gasteiger partial charge is 0.358 e. The molecule has 31 heavy (non-hydrogen) atoms. The molecule has 0 atom stereocenters. The summed E-state index contributed by atoms with van der Waals surface area (Å²) < 4.78 is 0. The third-order valence-corrected chi connectivity index (χ3v) is 6.98. The molecule has 6 heteroatoms. The van der Waals surface area contributed by atoms with Crippen LogP contribution in [0, 0.1) is 6.92 Å². The lowest BCUT2D eigenvalue weighted by Gasteiger charge is -2.34. The van der Waals surface area contributed by atoms with Crippen molar-refractivity contribution in [1.82, 2.24) is 19.8 Å². The van der Waals surface area contributed by atoms with Crippen molar-refractivity contribution >= 4 is 28.1 Å². The molecule has 0 aliphatic carbocycles. The van der Waals surface area contributed by atoms with Crippen LogP contribution >= 0.6 is 11.3 Å². The monoisotopic (exact) mass is 430 g/mol. The minimum atomic E-state index is 0.215. The van der Waals surface area contributed by atoms with Crippen molar-refractivity contribution in [2.24, 2.45) is 0 Å². The Balaban J connectivity index is 1.17. The molecule has 0 unspecified atom stereocenters. The highest BCUT2D eigenvalue weighted by Crippen LogP contribution is 2.25. The molecular weight excluding hydrogens is 404 g/mol. The molecule has 0 bridgehead atoms. The number of nitrogens with zero attached hydrogens (tertiary/aromatic N) is 3. The summed E-state index contributed by atoms with van der Waals surface area (Å²) in [5, 5.41) is 4.38. The lowest BCUT2D eigenvalue weighted by Crippen LogP contribution is -2.48. The molecule has 5 rings (SSSR count). The Morgan fingerprint density at radius 2 is 1.77 bits per heavy atom. The maximum absolute atomic E-state index is 13.0.